The average molecular weight is 453 g/mol. The summed E-state index contributed by atoms with van der Waals surface area (Å²) in [6, 6.07) is 15.8. The lowest BCUT2D eigenvalue weighted by Gasteiger charge is -2.27. The molecule has 0 saturated heterocycles. The Bertz CT molecular complexity index is 1360. The van der Waals surface area contributed by atoms with Gasteiger partial charge in [0.15, 0.2) is 0 Å². The molecule has 2 aromatic heterocycles. The topological polar surface area (TPSA) is 82.1 Å². The van der Waals surface area contributed by atoms with Crippen LogP contribution in [-0.2, 0) is 6.54 Å². The molecule has 1 aliphatic heterocycles. The van der Waals surface area contributed by atoms with E-state index in [1.165, 1.54) is 5.56 Å². The number of benzene rings is 2. The van der Waals surface area contributed by atoms with Crippen molar-refractivity contribution in [2.24, 2.45) is 0 Å². The summed E-state index contributed by atoms with van der Waals surface area (Å²) in [5, 5.41) is 18.4. The largest absolute Gasteiger partial charge is 0.507 e. The van der Waals surface area contributed by atoms with E-state index in [-0.39, 0.29) is 17.7 Å². The Hall–Kier alpha value is -3.93. The van der Waals surface area contributed by atoms with Crippen LogP contribution in [0.15, 0.2) is 60.9 Å². The first kappa shape index (κ1) is 21.9. The molecule has 1 atom stereocenters. The summed E-state index contributed by atoms with van der Waals surface area (Å²) in [6.45, 7) is 8.62. The van der Waals surface area contributed by atoms with Crippen molar-refractivity contribution >= 4 is 5.91 Å². The zero-order chi connectivity index (χ0) is 24.0. The number of rotatable bonds is 5. The van der Waals surface area contributed by atoms with Crippen molar-refractivity contribution in [2.45, 2.75) is 46.2 Å². The van der Waals surface area contributed by atoms with Crippen LogP contribution in [0.25, 0.3) is 11.3 Å². The van der Waals surface area contributed by atoms with Gasteiger partial charge in [-0.15, -0.1) is 0 Å². The Kier molecular flexibility index (Phi) is 5.44. The summed E-state index contributed by atoms with van der Waals surface area (Å²) >= 11 is 0. The van der Waals surface area contributed by atoms with E-state index in [2.05, 4.69) is 53.3 Å². The number of fused-ring (bicyclic) bond motifs is 1. The highest BCUT2D eigenvalue weighted by atomic mass is 16.3. The zero-order valence-corrected chi connectivity index (χ0v) is 19.8. The molecular weight excluding hydrogens is 424 g/mol. The highest BCUT2D eigenvalue weighted by Crippen LogP contribution is 2.45. The molecule has 0 spiro atoms. The lowest BCUT2D eigenvalue weighted by atomic mass is 9.92. The fraction of sp³-hybridized carbons (Fsp3) is 0.250. The van der Waals surface area contributed by atoms with Crippen LogP contribution in [0.4, 0.5) is 0 Å². The number of hydrogen-bond donors (Lipinski definition) is 2. The maximum atomic E-state index is 13.6. The van der Waals surface area contributed by atoms with E-state index in [0.717, 1.165) is 27.8 Å². The highest BCUT2D eigenvalue weighted by molar-refractivity contribution is 6.00. The van der Waals surface area contributed by atoms with E-state index in [1.807, 2.05) is 43.0 Å². The molecule has 172 valence electrons. The maximum Gasteiger partial charge on any atom is 0.273 e. The number of carbonyl (C=O) groups excluding carboxylic acids is 1. The van der Waals surface area contributed by atoms with Crippen LogP contribution in [-0.4, -0.2) is 31.1 Å². The number of aromatic amines is 1. The molecule has 2 aromatic carbocycles. The maximum absolute atomic E-state index is 13.6. The van der Waals surface area contributed by atoms with E-state index >= 15 is 0 Å². The van der Waals surface area contributed by atoms with Gasteiger partial charge in [-0.25, -0.2) is 0 Å². The summed E-state index contributed by atoms with van der Waals surface area (Å²) in [5.41, 5.74) is 7.51. The minimum absolute atomic E-state index is 0.112. The second-order valence-corrected chi connectivity index (χ2v) is 9.36. The lowest BCUT2D eigenvalue weighted by molar-refractivity contribution is 0.0730. The molecule has 6 heteroatoms. The number of H-pyrrole nitrogens is 1. The summed E-state index contributed by atoms with van der Waals surface area (Å²) in [6.07, 6.45) is 3.51. The highest BCUT2D eigenvalue weighted by Gasteiger charge is 2.42. The first-order valence-electron chi connectivity index (χ1n) is 11.5. The van der Waals surface area contributed by atoms with Gasteiger partial charge in [0, 0.05) is 30.1 Å². The van der Waals surface area contributed by atoms with Crippen LogP contribution in [0.3, 0.4) is 0 Å². The molecule has 0 aliphatic carbocycles. The molecule has 0 fully saturated rings. The van der Waals surface area contributed by atoms with Crippen molar-refractivity contribution in [1.29, 1.82) is 0 Å². The molecule has 1 aliphatic rings. The van der Waals surface area contributed by atoms with Crippen molar-refractivity contribution in [2.75, 3.05) is 0 Å². The van der Waals surface area contributed by atoms with Crippen LogP contribution in [0.5, 0.6) is 5.75 Å². The van der Waals surface area contributed by atoms with E-state index in [1.54, 1.807) is 12.4 Å². The number of carbonyl (C=O) groups is 1. The van der Waals surface area contributed by atoms with Crippen molar-refractivity contribution in [3.05, 3.63) is 100.0 Å². The van der Waals surface area contributed by atoms with Gasteiger partial charge >= 0.3 is 0 Å². The standard InChI is InChI=1S/C28H28N4O2/c1-16(2)20-7-9-21(10-8-20)26-23-24(22-13-17(3)12-18(4)27(22)33)30-31-25(23)28(34)32(26)15-19-6-5-11-29-14-19/h5-14,16,26,33H,15H2,1-4H3,(H,30,31)/t26-/m1/s1. The van der Waals surface area contributed by atoms with Crippen LogP contribution in [0.1, 0.15) is 69.7 Å². The van der Waals surface area contributed by atoms with Gasteiger partial charge in [-0.2, -0.15) is 5.10 Å². The lowest BCUT2D eigenvalue weighted by Crippen LogP contribution is -2.29. The fourth-order valence-electron chi connectivity index (χ4n) is 4.80. The molecule has 3 heterocycles. The molecule has 4 aromatic rings. The number of aromatic hydroxyl groups is 1. The van der Waals surface area contributed by atoms with Gasteiger partial charge in [0.05, 0.1) is 6.04 Å². The molecule has 0 unspecified atom stereocenters. The number of pyridine rings is 1. The van der Waals surface area contributed by atoms with Gasteiger partial charge in [0.1, 0.15) is 17.1 Å². The number of nitrogens with zero attached hydrogens (tertiary/aromatic N) is 3. The Morgan fingerprint density at radius 2 is 1.88 bits per heavy atom. The summed E-state index contributed by atoms with van der Waals surface area (Å²) in [4.78, 5) is 19.7. The molecule has 0 saturated carbocycles. The quantitative estimate of drug-likeness (QED) is 0.409. The Labute approximate surface area is 199 Å². The molecule has 1 amide bonds. The average Bonchev–Trinajstić information content (AvgIpc) is 3.36. The SMILES string of the molecule is Cc1cc(C)c(O)c(-c2n[nH]c3c2[C@@H](c2ccc(C(C)C)cc2)N(Cc2cccnc2)C3=O)c1. The van der Waals surface area contributed by atoms with Gasteiger partial charge in [-0.3, -0.25) is 14.9 Å². The third-order valence-electron chi connectivity index (χ3n) is 6.56. The van der Waals surface area contributed by atoms with Gasteiger partial charge in [0.25, 0.3) is 5.91 Å². The van der Waals surface area contributed by atoms with E-state index in [4.69, 9.17) is 0 Å². The number of hydrogen-bond acceptors (Lipinski definition) is 4. The van der Waals surface area contributed by atoms with Crippen LogP contribution < -0.4 is 0 Å². The number of nitrogens with one attached hydrogen (secondary N) is 1. The molecule has 34 heavy (non-hydrogen) atoms. The van der Waals surface area contributed by atoms with Gasteiger partial charge in [-0.1, -0.05) is 50.2 Å². The molecular formula is C28H28N4O2. The molecule has 5 rings (SSSR count). The molecule has 0 radical (unpaired) electrons. The number of phenolic OH excluding ortho intramolecular Hbond substituents is 1. The number of aromatic nitrogens is 3. The van der Waals surface area contributed by atoms with Crippen molar-refractivity contribution < 1.29 is 9.90 Å². The number of amides is 1. The molecule has 2 N–H and O–H groups in total. The zero-order valence-electron chi connectivity index (χ0n) is 19.8. The predicted octanol–water partition coefficient (Wildman–Crippen LogP) is 5.66. The summed E-state index contributed by atoms with van der Waals surface area (Å²) in [7, 11) is 0. The van der Waals surface area contributed by atoms with Crippen LogP contribution >= 0.6 is 0 Å². The normalized spacial score (nSPS) is 15.3. The Morgan fingerprint density at radius 3 is 2.56 bits per heavy atom. The first-order valence-corrected chi connectivity index (χ1v) is 11.5. The third kappa shape index (κ3) is 3.65. The summed E-state index contributed by atoms with van der Waals surface area (Å²) in [5.74, 6) is 0.490. The number of phenols is 1. The van der Waals surface area contributed by atoms with Gasteiger partial charge in [-0.05, 0) is 59.7 Å². The van der Waals surface area contributed by atoms with Crippen molar-refractivity contribution in [3.8, 4) is 17.0 Å². The van der Waals surface area contributed by atoms with Crippen molar-refractivity contribution in [3.63, 3.8) is 0 Å². The summed E-state index contributed by atoms with van der Waals surface area (Å²) < 4.78 is 0. The number of aryl methyl sites for hydroxylation is 2. The minimum Gasteiger partial charge on any atom is -0.507 e. The van der Waals surface area contributed by atoms with Crippen LogP contribution in [0.2, 0.25) is 0 Å². The second kappa shape index (κ2) is 8.45. The van der Waals surface area contributed by atoms with E-state index < -0.39 is 0 Å². The fourth-order valence-corrected chi connectivity index (χ4v) is 4.80. The van der Waals surface area contributed by atoms with Gasteiger partial charge in [0.2, 0.25) is 0 Å². The molecule has 0 bridgehead atoms. The van der Waals surface area contributed by atoms with Crippen molar-refractivity contribution in [1.82, 2.24) is 20.1 Å². The first-order chi connectivity index (χ1) is 16.3. The van der Waals surface area contributed by atoms with E-state index in [0.29, 0.717) is 29.4 Å². The minimum atomic E-state index is -0.335. The van der Waals surface area contributed by atoms with Gasteiger partial charge < -0.3 is 10.0 Å². The second-order valence-electron chi connectivity index (χ2n) is 9.36. The smallest absolute Gasteiger partial charge is 0.273 e. The predicted molar refractivity (Wildman–Crippen MR) is 132 cm³/mol. The Morgan fingerprint density at radius 1 is 1.12 bits per heavy atom. The third-order valence-corrected chi connectivity index (χ3v) is 6.56. The van der Waals surface area contributed by atoms with E-state index in [9.17, 15) is 9.90 Å². The Balaban J connectivity index is 1.68. The molecule has 6 nitrogen and oxygen atoms in total. The monoisotopic (exact) mass is 452 g/mol. The van der Waals surface area contributed by atoms with Crippen LogP contribution in [0, 0.1) is 13.8 Å².